The number of benzene rings is 1. The van der Waals surface area contributed by atoms with Gasteiger partial charge in [-0.1, -0.05) is 44.2 Å². The third-order valence-electron chi connectivity index (χ3n) is 3.72. The molecule has 1 aromatic carbocycles. The Hall–Kier alpha value is -1.15. The van der Waals surface area contributed by atoms with Crippen LogP contribution in [0.2, 0.25) is 0 Å². The molecule has 1 saturated carbocycles. The summed E-state index contributed by atoms with van der Waals surface area (Å²) in [5, 5.41) is 0. The highest BCUT2D eigenvalue weighted by atomic mass is 16.1. The Kier molecular flexibility index (Phi) is 3.63. The van der Waals surface area contributed by atoms with E-state index in [-0.39, 0.29) is 12.0 Å². The minimum absolute atomic E-state index is 0.0134. The van der Waals surface area contributed by atoms with Crippen LogP contribution < -0.4 is 5.73 Å². The van der Waals surface area contributed by atoms with E-state index >= 15 is 0 Å². The predicted octanol–water partition coefficient (Wildman–Crippen LogP) is 2.73. The maximum absolute atomic E-state index is 12.0. The molecule has 92 valence electrons. The number of nitrogens with two attached hydrogens (primary N) is 1. The number of hydrogen-bond donors (Lipinski definition) is 1. The smallest absolute Gasteiger partial charge is 0.138 e. The van der Waals surface area contributed by atoms with Crippen molar-refractivity contribution in [3.05, 3.63) is 35.9 Å². The molecule has 17 heavy (non-hydrogen) atoms. The first-order valence-electron chi connectivity index (χ1n) is 6.43. The fourth-order valence-corrected chi connectivity index (χ4v) is 2.24. The Labute approximate surface area is 103 Å². The average Bonchev–Trinajstić information content (AvgIpc) is 3.10. The second-order valence-electron chi connectivity index (χ2n) is 5.44. The highest BCUT2D eigenvalue weighted by Gasteiger charge is 2.43. The molecule has 2 nitrogen and oxygen atoms in total. The third kappa shape index (κ3) is 2.95. The molecule has 0 aliphatic heterocycles. The largest absolute Gasteiger partial charge is 0.327 e. The van der Waals surface area contributed by atoms with Crippen LogP contribution in [-0.4, -0.2) is 11.8 Å². The highest BCUT2D eigenvalue weighted by Crippen LogP contribution is 2.48. The first-order valence-corrected chi connectivity index (χ1v) is 6.43. The maximum Gasteiger partial charge on any atom is 0.138 e. The van der Waals surface area contributed by atoms with Crippen molar-refractivity contribution in [1.29, 1.82) is 0 Å². The molecule has 0 saturated heterocycles. The quantitative estimate of drug-likeness (QED) is 0.846. The summed E-state index contributed by atoms with van der Waals surface area (Å²) in [5.74, 6) is 1.40. The molecule has 1 aliphatic rings. The summed E-state index contributed by atoms with van der Waals surface area (Å²) in [4.78, 5) is 12.0. The van der Waals surface area contributed by atoms with Gasteiger partial charge in [0, 0.05) is 18.4 Å². The molecule has 1 aromatic rings. The van der Waals surface area contributed by atoms with Crippen molar-refractivity contribution in [3.63, 3.8) is 0 Å². The molecule has 0 radical (unpaired) electrons. The van der Waals surface area contributed by atoms with Crippen molar-refractivity contribution >= 4 is 5.78 Å². The van der Waals surface area contributed by atoms with Gasteiger partial charge in [0.25, 0.3) is 0 Å². The summed E-state index contributed by atoms with van der Waals surface area (Å²) in [6.45, 7) is 4.14. The van der Waals surface area contributed by atoms with E-state index < -0.39 is 0 Å². The van der Waals surface area contributed by atoms with Gasteiger partial charge in [0.15, 0.2) is 0 Å². The minimum Gasteiger partial charge on any atom is -0.327 e. The Morgan fingerprint density at radius 3 is 2.59 bits per heavy atom. The fraction of sp³-hybridized carbons (Fsp3) is 0.533. The SMILES string of the molecule is CC(C)C(N)CC(=O)C1CC1c1ccccc1. The molecule has 0 bridgehead atoms. The molecule has 0 heterocycles. The van der Waals surface area contributed by atoms with Gasteiger partial charge in [0.1, 0.15) is 5.78 Å². The molecule has 2 N–H and O–H groups in total. The van der Waals surface area contributed by atoms with Crippen molar-refractivity contribution in [3.8, 4) is 0 Å². The Bertz CT molecular complexity index is 385. The summed E-state index contributed by atoms with van der Waals surface area (Å²) in [5.41, 5.74) is 7.24. The van der Waals surface area contributed by atoms with Crippen molar-refractivity contribution in [2.45, 2.75) is 38.6 Å². The van der Waals surface area contributed by atoms with Crippen molar-refractivity contribution in [2.75, 3.05) is 0 Å². The Morgan fingerprint density at radius 2 is 2.00 bits per heavy atom. The molecule has 2 rings (SSSR count). The number of hydrogen-bond acceptors (Lipinski definition) is 2. The molecule has 3 atom stereocenters. The van der Waals surface area contributed by atoms with Crippen LogP contribution in [0, 0.1) is 11.8 Å². The zero-order chi connectivity index (χ0) is 12.4. The summed E-state index contributed by atoms with van der Waals surface area (Å²) in [6.07, 6.45) is 1.54. The lowest BCUT2D eigenvalue weighted by Crippen LogP contribution is -2.29. The fourth-order valence-electron chi connectivity index (χ4n) is 2.24. The molecule has 0 aromatic heterocycles. The van der Waals surface area contributed by atoms with Gasteiger partial charge < -0.3 is 5.73 Å². The van der Waals surface area contributed by atoms with Crippen LogP contribution in [0.25, 0.3) is 0 Å². The van der Waals surface area contributed by atoms with Gasteiger partial charge >= 0.3 is 0 Å². The maximum atomic E-state index is 12.0. The molecule has 3 unspecified atom stereocenters. The van der Waals surface area contributed by atoms with Crippen LogP contribution in [-0.2, 0) is 4.79 Å². The minimum atomic E-state index is 0.0134. The van der Waals surface area contributed by atoms with Crippen LogP contribution >= 0.6 is 0 Å². The molecule has 0 spiro atoms. The van der Waals surface area contributed by atoms with Gasteiger partial charge in [-0.25, -0.2) is 0 Å². The summed E-state index contributed by atoms with van der Waals surface area (Å²) in [6, 6.07) is 10.3. The van der Waals surface area contributed by atoms with E-state index in [4.69, 9.17) is 5.73 Å². The first kappa shape index (κ1) is 12.3. The molecule has 2 heteroatoms. The number of ketones is 1. The van der Waals surface area contributed by atoms with Gasteiger partial charge in [-0.05, 0) is 23.8 Å². The second-order valence-corrected chi connectivity index (χ2v) is 5.44. The number of Topliss-reactive ketones (excluding diaryl/α,β-unsaturated/α-hetero) is 1. The van der Waals surface area contributed by atoms with E-state index in [1.807, 2.05) is 18.2 Å². The molecule has 1 fully saturated rings. The Balaban J connectivity index is 1.89. The standard InChI is InChI=1S/C15H21NO/c1-10(2)14(16)9-15(17)13-8-12(13)11-6-4-3-5-7-11/h3-7,10,12-14H,8-9,16H2,1-2H3. The molecule has 0 amide bonds. The van der Waals surface area contributed by atoms with E-state index in [9.17, 15) is 4.79 Å². The van der Waals surface area contributed by atoms with Gasteiger partial charge in [-0.15, -0.1) is 0 Å². The van der Waals surface area contributed by atoms with Gasteiger partial charge in [0.2, 0.25) is 0 Å². The van der Waals surface area contributed by atoms with Crippen molar-refractivity contribution < 1.29 is 4.79 Å². The third-order valence-corrected chi connectivity index (χ3v) is 3.72. The number of carbonyl (C=O) groups excluding carboxylic acids is 1. The highest BCUT2D eigenvalue weighted by molar-refractivity contribution is 5.85. The topological polar surface area (TPSA) is 43.1 Å². The average molecular weight is 231 g/mol. The monoisotopic (exact) mass is 231 g/mol. The zero-order valence-electron chi connectivity index (χ0n) is 10.6. The zero-order valence-corrected chi connectivity index (χ0v) is 10.6. The molecular formula is C15H21NO. The summed E-state index contributed by atoms with van der Waals surface area (Å²) in [7, 11) is 0. The number of carbonyl (C=O) groups is 1. The van der Waals surface area contributed by atoms with Crippen molar-refractivity contribution in [1.82, 2.24) is 0 Å². The normalized spacial score (nSPS) is 24.7. The van der Waals surface area contributed by atoms with Crippen LogP contribution in [0.3, 0.4) is 0 Å². The van der Waals surface area contributed by atoms with Crippen LogP contribution in [0.1, 0.15) is 38.2 Å². The van der Waals surface area contributed by atoms with Crippen LogP contribution in [0.4, 0.5) is 0 Å². The van der Waals surface area contributed by atoms with E-state index in [1.165, 1.54) is 5.56 Å². The Morgan fingerprint density at radius 1 is 1.35 bits per heavy atom. The van der Waals surface area contributed by atoms with E-state index in [0.717, 1.165) is 6.42 Å². The summed E-state index contributed by atoms with van der Waals surface area (Å²) < 4.78 is 0. The van der Waals surface area contributed by atoms with Gasteiger partial charge in [0.05, 0.1) is 0 Å². The van der Waals surface area contributed by atoms with Crippen molar-refractivity contribution in [2.24, 2.45) is 17.6 Å². The van der Waals surface area contributed by atoms with E-state index in [0.29, 0.717) is 24.0 Å². The lowest BCUT2D eigenvalue weighted by Gasteiger charge is -2.14. The number of rotatable bonds is 5. The summed E-state index contributed by atoms with van der Waals surface area (Å²) >= 11 is 0. The van der Waals surface area contributed by atoms with Crippen LogP contribution in [0.15, 0.2) is 30.3 Å². The van der Waals surface area contributed by atoms with Gasteiger partial charge in [-0.3, -0.25) is 4.79 Å². The van der Waals surface area contributed by atoms with Gasteiger partial charge in [-0.2, -0.15) is 0 Å². The van der Waals surface area contributed by atoms with Crippen LogP contribution in [0.5, 0.6) is 0 Å². The second kappa shape index (κ2) is 5.01. The van der Waals surface area contributed by atoms with E-state index in [1.54, 1.807) is 0 Å². The molecular weight excluding hydrogens is 210 g/mol. The molecule has 1 aliphatic carbocycles. The lowest BCUT2D eigenvalue weighted by molar-refractivity contribution is -0.120. The lowest BCUT2D eigenvalue weighted by atomic mass is 9.97. The van der Waals surface area contributed by atoms with E-state index in [2.05, 4.69) is 26.0 Å². The predicted molar refractivity (Wildman–Crippen MR) is 69.7 cm³/mol. The first-order chi connectivity index (χ1) is 8.09.